The number of nitrogens with zero attached hydrogens (tertiary/aromatic N) is 2. The number of carbonyl (C=O) groups excluding carboxylic acids is 1. The smallest absolute Gasteiger partial charge is 0.288 e. The van der Waals surface area contributed by atoms with Crippen LogP contribution in [-0.2, 0) is 9.53 Å². The molecule has 2 aromatic rings. The maximum atomic E-state index is 12.2. The third kappa shape index (κ3) is 5.76. The highest BCUT2D eigenvalue weighted by Gasteiger charge is 2.15. The van der Waals surface area contributed by atoms with Crippen molar-refractivity contribution in [2.24, 2.45) is 0 Å². The van der Waals surface area contributed by atoms with Crippen LogP contribution in [0.2, 0.25) is 5.02 Å². The minimum absolute atomic E-state index is 0.0333. The second kappa shape index (κ2) is 10.1. The van der Waals surface area contributed by atoms with Crippen molar-refractivity contribution in [3.8, 4) is 0 Å². The molecule has 0 atom stereocenters. The summed E-state index contributed by atoms with van der Waals surface area (Å²) in [5.41, 5.74) is 2.00. The standard InChI is InChI=1S/C20H19ClN4O4S/c21-15-7-5-14(13-18(15)25(27)28)6-8-19(26)23-20(30)22-16-3-1-2-4-17(16)24-9-11-29-12-10-24/h1-8,13H,9-12H2,(H2,22,23,26,30)/b8-6+. The molecule has 2 N–H and O–H groups in total. The average Bonchev–Trinajstić information content (AvgIpc) is 2.74. The van der Waals surface area contributed by atoms with E-state index in [-0.39, 0.29) is 15.8 Å². The number of rotatable bonds is 5. The number of nitro benzene ring substituents is 1. The molecule has 1 aliphatic heterocycles. The molecule has 1 amide bonds. The lowest BCUT2D eigenvalue weighted by Gasteiger charge is -2.30. The van der Waals surface area contributed by atoms with E-state index >= 15 is 0 Å². The Bertz CT molecular complexity index is 993. The first-order valence-corrected chi connectivity index (χ1v) is 9.88. The molecular formula is C20H19ClN4O4S. The molecule has 1 saturated heterocycles. The van der Waals surface area contributed by atoms with Crippen LogP contribution in [0.4, 0.5) is 17.1 Å². The van der Waals surface area contributed by atoms with Crippen LogP contribution in [0.5, 0.6) is 0 Å². The summed E-state index contributed by atoms with van der Waals surface area (Å²) in [5, 5.41) is 16.7. The van der Waals surface area contributed by atoms with Crippen LogP contribution < -0.4 is 15.5 Å². The zero-order valence-corrected chi connectivity index (χ0v) is 17.4. The Morgan fingerprint density at radius 1 is 1.23 bits per heavy atom. The van der Waals surface area contributed by atoms with Crippen molar-refractivity contribution in [1.29, 1.82) is 0 Å². The van der Waals surface area contributed by atoms with E-state index in [1.54, 1.807) is 6.07 Å². The third-order valence-electron chi connectivity index (χ3n) is 4.33. The Morgan fingerprint density at radius 3 is 2.70 bits per heavy atom. The first-order chi connectivity index (χ1) is 14.4. The van der Waals surface area contributed by atoms with E-state index in [9.17, 15) is 14.9 Å². The van der Waals surface area contributed by atoms with Gasteiger partial charge in [0.1, 0.15) is 5.02 Å². The molecule has 8 nitrogen and oxygen atoms in total. The van der Waals surface area contributed by atoms with Crippen molar-refractivity contribution < 1.29 is 14.5 Å². The van der Waals surface area contributed by atoms with Crippen LogP contribution >= 0.6 is 23.8 Å². The highest BCUT2D eigenvalue weighted by Crippen LogP contribution is 2.27. The van der Waals surface area contributed by atoms with Gasteiger partial charge in [0.15, 0.2) is 5.11 Å². The summed E-state index contributed by atoms with van der Waals surface area (Å²) in [6.07, 6.45) is 2.69. The van der Waals surface area contributed by atoms with Gasteiger partial charge >= 0.3 is 0 Å². The number of halogens is 1. The van der Waals surface area contributed by atoms with Gasteiger partial charge in [-0.1, -0.05) is 29.8 Å². The Hall–Kier alpha value is -3.01. The van der Waals surface area contributed by atoms with Gasteiger partial charge in [-0.2, -0.15) is 0 Å². The summed E-state index contributed by atoms with van der Waals surface area (Å²) < 4.78 is 5.39. The van der Waals surface area contributed by atoms with Crippen LogP contribution in [0.25, 0.3) is 6.08 Å². The van der Waals surface area contributed by atoms with Crippen molar-refractivity contribution in [2.45, 2.75) is 0 Å². The molecule has 0 spiro atoms. The van der Waals surface area contributed by atoms with Crippen LogP contribution in [-0.4, -0.2) is 42.2 Å². The lowest BCUT2D eigenvalue weighted by molar-refractivity contribution is -0.384. The molecule has 0 saturated carbocycles. The summed E-state index contributed by atoms with van der Waals surface area (Å²) in [5.74, 6) is -0.464. The number of amides is 1. The number of ether oxygens (including phenoxy) is 1. The van der Waals surface area contributed by atoms with E-state index in [2.05, 4.69) is 15.5 Å². The minimum Gasteiger partial charge on any atom is -0.378 e. The summed E-state index contributed by atoms with van der Waals surface area (Å²) in [6, 6.07) is 12.0. The predicted molar refractivity (Wildman–Crippen MR) is 121 cm³/mol. The number of para-hydroxylation sites is 2. The zero-order valence-electron chi connectivity index (χ0n) is 15.8. The van der Waals surface area contributed by atoms with Gasteiger partial charge < -0.3 is 15.0 Å². The molecule has 0 unspecified atom stereocenters. The second-order valence-corrected chi connectivity index (χ2v) is 7.18. The quantitative estimate of drug-likeness (QED) is 0.313. The molecule has 10 heteroatoms. The molecule has 1 fully saturated rings. The zero-order chi connectivity index (χ0) is 21.5. The van der Waals surface area contributed by atoms with E-state index in [0.717, 1.165) is 24.5 Å². The van der Waals surface area contributed by atoms with Crippen molar-refractivity contribution in [1.82, 2.24) is 5.32 Å². The normalized spacial score (nSPS) is 13.8. The molecule has 3 rings (SSSR count). The maximum absolute atomic E-state index is 12.2. The van der Waals surface area contributed by atoms with E-state index in [1.807, 2.05) is 24.3 Å². The fourth-order valence-electron chi connectivity index (χ4n) is 2.91. The van der Waals surface area contributed by atoms with E-state index in [4.69, 9.17) is 28.6 Å². The number of carbonyl (C=O) groups is 1. The van der Waals surface area contributed by atoms with Gasteiger partial charge in [0.2, 0.25) is 5.91 Å². The Balaban J connectivity index is 1.62. The van der Waals surface area contributed by atoms with E-state index in [0.29, 0.717) is 18.8 Å². The van der Waals surface area contributed by atoms with Crippen LogP contribution in [0, 0.1) is 10.1 Å². The number of hydrogen-bond acceptors (Lipinski definition) is 6. The van der Waals surface area contributed by atoms with E-state index in [1.165, 1.54) is 24.3 Å². The summed E-state index contributed by atoms with van der Waals surface area (Å²) in [6.45, 7) is 2.86. The van der Waals surface area contributed by atoms with Gasteiger partial charge in [-0.3, -0.25) is 20.2 Å². The molecule has 0 bridgehead atoms. The number of anilines is 2. The van der Waals surface area contributed by atoms with Gasteiger partial charge in [-0.25, -0.2) is 0 Å². The molecule has 1 heterocycles. The number of morpholine rings is 1. The molecule has 0 aliphatic carbocycles. The van der Waals surface area contributed by atoms with E-state index < -0.39 is 10.8 Å². The largest absolute Gasteiger partial charge is 0.378 e. The summed E-state index contributed by atoms with van der Waals surface area (Å²) in [7, 11) is 0. The topological polar surface area (TPSA) is 96.7 Å². The van der Waals surface area contributed by atoms with Gasteiger partial charge in [0.05, 0.1) is 29.5 Å². The highest BCUT2D eigenvalue weighted by atomic mass is 35.5. The van der Waals surface area contributed by atoms with Crippen molar-refractivity contribution in [3.63, 3.8) is 0 Å². The van der Waals surface area contributed by atoms with Crippen molar-refractivity contribution in [3.05, 3.63) is 69.2 Å². The summed E-state index contributed by atoms with van der Waals surface area (Å²) >= 11 is 11.0. The molecule has 30 heavy (non-hydrogen) atoms. The molecule has 156 valence electrons. The number of hydrogen-bond donors (Lipinski definition) is 2. The number of nitro groups is 1. The van der Waals surface area contributed by atoms with Crippen LogP contribution in [0.3, 0.4) is 0 Å². The molecule has 1 aliphatic rings. The molecule has 0 aromatic heterocycles. The third-order valence-corrected chi connectivity index (χ3v) is 4.86. The first kappa shape index (κ1) is 21.7. The minimum atomic E-state index is -0.579. The lowest BCUT2D eigenvalue weighted by Crippen LogP contribution is -2.37. The number of thiocarbonyl (C=S) groups is 1. The molecular weight excluding hydrogens is 428 g/mol. The fraction of sp³-hybridized carbons (Fsp3) is 0.200. The Labute approximate surface area is 183 Å². The number of nitrogens with one attached hydrogen (secondary N) is 2. The average molecular weight is 447 g/mol. The van der Waals surface area contributed by atoms with Gasteiger partial charge in [-0.15, -0.1) is 0 Å². The van der Waals surface area contributed by atoms with Crippen LogP contribution in [0.1, 0.15) is 5.56 Å². The van der Waals surface area contributed by atoms with Crippen molar-refractivity contribution >= 4 is 58.0 Å². The Morgan fingerprint density at radius 2 is 1.97 bits per heavy atom. The Kier molecular flexibility index (Phi) is 7.34. The van der Waals surface area contributed by atoms with Gasteiger partial charge in [0.25, 0.3) is 5.69 Å². The second-order valence-electron chi connectivity index (χ2n) is 6.36. The summed E-state index contributed by atoms with van der Waals surface area (Å²) in [4.78, 5) is 24.7. The SMILES string of the molecule is O=C(/C=C/c1ccc(Cl)c([N+](=O)[O-])c1)NC(=S)Nc1ccccc1N1CCOCC1. The fourth-order valence-corrected chi connectivity index (χ4v) is 3.31. The lowest BCUT2D eigenvalue weighted by atomic mass is 10.2. The molecule has 2 aromatic carbocycles. The highest BCUT2D eigenvalue weighted by molar-refractivity contribution is 7.80. The maximum Gasteiger partial charge on any atom is 0.288 e. The predicted octanol–water partition coefficient (Wildman–Crippen LogP) is 3.61. The number of benzene rings is 2. The molecule has 0 radical (unpaired) electrons. The monoisotopic (exact) mass is 446 g/mol. The van der Waals surface area contributed by atoms with Gasteiger partial charge in [0, 0.05) is 25.2 Å². The first-order valence-electron chi connectivity index (χ1n) is 9.10. The van der Waals surface area contributed by atoms with Crippen molar-refractivity contribution in [2.75, 3.05) is 36.5 Å². The van der Waals surface area contributed by atoms with Gasteiger partial charge in [-0.05, 0) is 42.1 Å². The van der Waals surface area contributed by atoms with Crippen LogP contribution in [0.15, 0.2) is 48.5 Å².